The van der Waals surface area contributed by atoms with Crippen molar-refractivity contribution in [3.8, 4) is 11.3 Å². The van der Waals surface area contributed by atoms with E-state index in [1.54, 1.807) is 6.20 Å². The molecule has 0 bridgehead atoms. The summed E-state index contributed by atoms with van der Waals surface area (Å²) in [5.41, 5.74) is 3.49. The van der Waals surface area contributed by atoms with Crippen LogP contribution in [-0.4, -0.2) is 40.3 Å². The Morgan fingerprint density at radius 2 is 2.00 bits per heavy atom. The van der Waals surface area contributed by atoms with Gasteiger partial charge in [0.05, 0.1) is 5.69 Å². The molecule has 2 unspecified atom stereocenters. The van der Waals surface area contributed by atoms with Gasteiger partial charge in [0.1, 0.15) is 0 Å². The van der Waals surface area contributed by atoms with E-state index in [9.17, 15) is 0 Å². The van der Waals surface area contributed by atoms with E-state index in [1.165, 1.54) is 50.0 Å². The maximum absolute atomic E-state index is 4.00. The van der Waals surface area contributed by atoms with Crippen molar-refractivity contribution in [2.24, 2.45) is 0 Å². The van der Waals surface area contributed by atoms with Crippen molar-refractivity contribution in [2.45, 2.75) is 37.8 Å². The molecule has 2 atom stereocenters. The summed E-state index contributed by atoms with van der Waals surface area (Å²) in [7, 11) is 0. The molecule has 4 rings (SSSR count). The molecule has 2 aliphatic rings. The van der Waals surface area contributed by atoms with Crippen molar-refractivity contribution in [1.29, 1.82) is 0 Å². The minimum Gasteiger partial charge on any atom is -0.382 e. The lowest BCUT2D eigenvalue weighted by Crippen LogP contribution is -2.42. The van der Waals surface area contributed by atoms with E-state index in [1.807, 2.05) is 6.07 Å². The van der Waals surface area contributed by atoms with E-state index in [2.05, 4.69) is 44.7 Å². The summed E-state index contributed by atoms with van der Waals surface area (Å²) < 4.78 is 0. The number of piperidine rings is 1. The summed E-state index contributed by atoms with van der Waals surface area (Å²) in [6.07, 6.45) is 7.12. The van der Waals surface area contributed by atoms with Gasteiger partial charge in [0, 0.05) is 30.5 Å². The first kappa shape index (κ1) is 12.9. The Bertz CT molecular complexity index is 575. The lowest BCUT2D eigenvalue weighted by Gasteiger charge is -2.35. The van der Waals surface area contributed by atoms with E-state index in [0.717, 1.165) is 11.7 Å². The third-order valence-electron chi connectivity index (χ3n) is 4.89. The van der Waals surface area contributed by atoms with E-state index in [4.69, 9.17) is 0 Å². The van der Waals surface area contributed by atoms with E-state index < -0.39 is 0 Å². The number of anilines is 1. The van der Waals surface area contributed by atoms with Crippen LogP contribution in [-0.2, 0) is 0 Å². The lowest BCUT2D eigenvalue weighted by atomic mass is 9.97. The molecule has 21 heavy (non-hydrogen) atoms. The second-order valence-corrected chi connectivity index (χ2v) is 6.25. The van der Waals surface area contributed by atoms with Crippen molar-refractivity contribution < 1.29 is 0 Å². The Hall–Kier alpha value is -1.81. The van der Waals surface area contributed by atoms with Gasteiger partial charge in [-0.1, -0.05) is 12.1 Å². The highest BCUT2D eigenvalue weighted by molar-refractivity contribution is 5.62. The van der Waals surface area contributed by atoms with E-state index in [0.29, 0.717) is 6.04 Å². The molecule has 4 heteroatoms. The molecule has 3 heterocycles. The number of H-pyrrole nitrogens is 1. The van der Waals surface area contributed by atoms with Gasteiger partial charge < -0.3 is 10.2 Å². The Morgan fingerprint density at radius 1 is 1.10 bits per heavy atom. The minimum absolute atomic E-state index is 0.627. The highest BCUT2D eigenvalue weighted by atomic mass is 15.2. The molecule has 1 aromatic carbocycles. The summed E-state index contributed by atoms with van der Waals surface area (Å²) in [5, 5.41) is 10.7. The summed E-state index contributed by atoms with van der Waals surface area (Å²) in [4.78, 5) is 2.67. The van der Waals surface area contributed by atoms with E-state index >= 15 is 0 Å². The van der Waals surface area contributed by atoms with Gasteiger partial charge >= 0.3 is 0 Å². The molecule has 0 amide bonds. The second kappa shape index (κ2) is 5.53. The van der Waals surface area contributed by atoms with Crippen LogP contribution in [0.5, 0.6) is 0 Å². The van der Waals surface area contributed by atoms with Crippen LogP contribution in [0.4, 0.5) is 5.69 Å². The number of aromatic nitrogens is 2. The number of hydrogen-bond acceptors (Lipinski definition) is 3. The Labute approximate surface area is 125 Å². The molecule has 2 saturated heterocycles. The first-order valence-electron chi connectivity index (χ1n) is 7.99. The smallest absolute Gasteiger partial charge is 0.0650 e. The highest BCUT2D eigenvalue weighted by Gasteiger charge is 2.31. The molecule has 4 nitrogen and oxygen atoms in total. The second-order valence-electron chi connectivity index (χ2n) is 6.25. The van der Waals surface area contributed by atoms with Gasteiger partial charge in [-0.05, 0) is 56.0 Å². The number of fused-ring (bicyclic) bond motifs is 1. The average molecular weight is 282 g/mol. The molecule has 2 fully saturated rings. The van der Waals surface area contributed by atoms with E-state index in [-0.39, 0.29) is 0 Å². The number of nitrogens with one attached hydrogen (secondary N) is 2. The molecule has 0 saturated carbocycles. The van der Waals surface area contributed by atoms with Crippen LogP contribution in [0.15, 0.2) is 36.5 Å². The first-order chi connectivity index (χ1) is 10.4. The minimum atomic E-state index is 0.627. The maximum Gasteiger partial charge on any atom is 0.0650 e. The van der Waals surface area contributed by atoms with Crippen molar-refractivity contribution in [3.63, 3.8) is 0 Å². The molecule has 2 aromatic rings. The van der Waals surface area contributed by atoms with Crippen LogP contribution in [0.1, 0.15) is 25.7 Å². The fourth-order valence-electron chi connectivity index (χ4n) is 3.75. The standard InChI is InChI=1S/C17H22N4/c1-2-16-12-15(8-11-21(16)10-1)19-14-5-3-13(4-6-14)17-7-9-18-20-17/h3-7,9,15-16,19H,1-2,8,10-12H2,(H,18,20). The lowest BCUT2D eigenvalue weighted by molar-refractivity contribution is 0.188. The number of nitrogens with zero attached hydrogens (tertiary/aromatic N) is 2. The fraction of sp³-hybridized carbons (Fsp3) is 0.471. The van der Waals surface area contributed by atoms with Gasteiger partial charge in [-0.25, -0.2) is 0 Å². The van der Waals surface area contributed by atoms with Gasteiger partial charge in [0.2, 0.25) is 0 Å². The predicted octanol–water partition coefficient (Wildman–Crippen LogP) is 3.12. The van der Waals surface area contributed by atoms with Gasteiger partial charge in [0.15, 0.2) is 0 Å². The molecule has 2 N–H and O–H groups in total. The molecule has 110 valence electrons. The quantitative estimate of drug-likeness (QED) is 0.909. The Morgan fingerprint density at radius 3 is 2.81 bits per heavy atom. The van der Waals surface area contributed by atoms with Crippen molar-refractivity contribution in [1.82, 2.24) is 15.1 Å². The van der Waals surface area contributed by atoms with Crippen molar-refractivity contribution in [2.75, 3.05) is 18.4 Å². The molecular weight excluding hydrogens is 260 g/mol. The SMILES string of the molecule is c1cc(-c2ccc(NC3CCN4CCCC4C3)cc2)[nH]n1. The third-order valence-corrected chi connectivity index (χ3v) is 4.89. The first-order valence-corrected chi connectivity index (χ1v) is 7.99. The van der Waals surface area contributed by atoms with Gasteiger partial charge in [-0.3, -0.25) is 5.10 Å². The average Bonchev–Trinajstić information content (AvgIpc) is 3.19. The topological polar surface area (TPSA) is 44.0 Å². The van der Waals surface area contributed by atoms with Crippen LogP contribution >= 0.6 is 0 Å². The van der Waals surface area contributed by atoms with Crippen LogP contribution in [0.25, 0.3) is 11.3 Å². The number of rotatable bonds is 3. The molecular formula is C17H22N4. The maximum atomic E-state index is 4.00. The molecule has 1 aromatic heterocycles. The summed E-state index contributed by atoms with van der Waals surface area (Å²) in [5.74, 6) is 0. The number of hydrogen-bond donors (Lipinski definition) is 2. The molecule has 2 aliphatic heterocycles. The zero-order chi connectivity index (χ0) is 14.1. The summed E-state index contributed by atoms with van der Waals surface area (Å²) >= 11 is 0. The number of aromatic amines is 1. The molecule has 0 spiro atoms. The predicted molar refractivity (Wildman–Crippen MR) is 85.3 cm³/mol. The highest BCUT2D eigenvalue weighted by Crippen LogP contribution is 2.29. The third kappa shape index (κ3) is 2.68. The zero-order valence-corrected chi connectivity index (χ0v) is 12.3. The molecule has 0 aliphatic carbocycles. The summed E-state index contributed by atoms with van der Waals surface area (Å²) in [6.45, 7) is 2.57. The fourth-order valence-corrected chi connectivity index (χ4v) is 3.75. The number of benzene rings is 1. The van der Waals surface area contributed by atoms with Gasteiger partial charge in [-0.2, -0.15) is 5.10 Å². The molecule has 0 radical (unpaired) electrons. The van der Waals surface area contributed by atoms with Gasteiger partial charge in [-0.15, -0.1) is 0 Å². The van der Waals surface area contributed by atoms with Crippen LogP contribution < -0.4 is 5.32 Å². The Balaban J connectivity index is 1.41. The van der Waals surface area contributed by atoms with Crippen molar-refractivity contribution in [3.05, 3.63) is 36.5 Å². The largest absolute Gasteiger partial charge is 0.382 e. The monoisotopic (exact) mass is 282 g/mol. The van der Waals surface area contributed by atoms with Crippen LogP contribution in [0, 0.1) is 0 Å². The Kier molecular flexibility index (Phi) is 3.39. The van der Waals surface area contributed by atoms with Crippen LogP contribution in [0.2, 0.25) is 0 Å². The normalized spacial score (nSPS) is 25.7. The van der Waals surface area contributed by atoms with Gasteiger partial charge in [0.25, 0.3) is 0 Å². The summed E-state index contributed by atoms with van der Waals surface area (Å²) in [6, 6.07) is 12.1. The zero-order valence-electron chi connectivity index (χ0n) is 12.3. The van der Waals surface area contributed by atoms with Crippen molar-refractivity contribution >= 4 is 5.69 Å². The van der Waals surface area contributed by atoms with Crippen LogP contribution in [0.3, 0.4) is 0 Å².